The van der Waals surface area contributed by atoms with Crippen molar-refractivity contribution in [1.82, 2.24) is 9.80 Å². The second-order valence-electron chi connectivity index (χ2n) is 5.61. The summed E-state index contributed by atoms with van der Waals surface area (Å²) in [4.78, 5) is 16.6. The van der Waals surface area contributed by atoms with Crippen molar-refractivity contribution >= 4 is 11.7 Å². The van der Waals surface area contributed by atoms with E-state index >= 15 is 0 Å². The molecule has 116 valence electrons. The third kappa shape index (κ3) is 4.19. The number of rotatable bonds is 4. The molecule has 1 atom stereocenters. The van der Waals surface area contributed by atoms with Crippen LogP contribution >= 0.6 is 0 Å². The molecule has 21 heavy (non-hydrogen) atoms. The first-order chi connectivity index (χ1) is 10.1. The number of urea groups is 1. The van der Waals surface area contributed by atoms with Crippen molar-refractivity contribution in [3.63, 3.8) is 0 Å². The van der Waals surface area contributed by atoms with Crippen LogP contribution in [0, 0.1) is 0 Å². The van der Waals surface area contributed by atoms with Gasteiger partial charge in [0.05, 0.1) is 0 Å². The number of nitrogens with two attached hydrogens (primary N) is 1. The SMILES string of the molecule is CCC(C)N1CCN(C(=O)Nc2cccc(CN)c2)CC1. The van der Waals surface area contributed by atoms with Crippen LogP contribution in [0.15, 0.2) is 24.3 Å². The van der Waals surface area contributed by atoms with Gasteiger partial charge in [0.2, 0.25) is 0 Å². The number of hydrogen-bond acceptors (Lipinski definition) is 3. The molecule has 1 fully saturated rings. The summed E-state index contributed by atoms with van der Waals surface area (Å²) in [5.41, 5.74) is 7.46. The van der Waals surface area contributed by atoms with Crippen LogP contribution in [0.25, 0.3) is 0 Å². The van der Waals surface area contributed by atoms with E-state index in [0.717, 1.165) is 43.9 Å². The minimum absolute atomic E-state index is 0.0204. The molecule has 0 aromatic heterocycles. The Morgan fingerprint density at radius 2 is 2.05 bits per heavy atom. The summed E-state index contributed by atoms with van der Waals surface area (Å²) in [6, 6.07) is 8.27. The second kappa shape index (κ2) is 7.43. The van der Waals surface area contributed by atoms with Gasteiger partial charge in [0, 0.05) is 44.5 Å². The van der Waals surface area contributed by atoms with Crippen LogP contribution in [-0.2, 0) is 6.54 Å². The van der Waals surface area contributed by atoms with E-state index in [-0.39, 0.29) is 6.03 Å². The Morgan fingerprint density at radius 3 is 2.67 bits per heavy atom. The lowest BCUT2D eigenvalue weighted by Gasteiger charge is -2.37. The molecule has 1 aliphatic rings. The van der Waals surface area contributed by atoms with Crippen molar-refractivity contribution in [2.24, 2.45) is 5.73 Å². The summed E-state index contributed by atoms with van der Waals surface area (Å²) in [6.45, 7) is 8.40. The zero-order valence-electron chi connectivity index (χ0n) is 13.0. The van der Waals surface area contributed by atoms with Gasteiger partial charge in [-0.3, -0.25) is 4.90 Å². The van der Waals surface area contributed by atoms with Gasteiger partial charge in [-0.2, -0.15) is 0 Å². The molecule has 0 bridgehead atoms. The van der Waals surface area contributed by atoms with Crippen molar-refractivity contribution in [3.8, 4) is 0 Å². The first kappa shape index (κ1) is 15.8. The van der Waals surface area contributed by atoms with E-state index in [0.29, 0.717) is 12.6 Å². The van der Waals surface area contributed by atoms with E-state index in [2.05, 4.69) is 24.1 Å². The van der Waals surface area contributed by atoms with E-state index in [1.54, 1.807) is 0 Å². The number of carbonyl (C=O) groups excluding carboxylic acids is 1. The monoisotopic (exact) mass is 290 g/mol. The average Bonchev–Trinajstić information content (AvgIpc) is 2.54. The van der Waals surface area contributed by atoms with Crippen LogP contribution in [0.5, 0.6) is 0 Å². The summed E-state index contributed by atoms with van der Waals surface area (Å²) in [7, 11) is 0. The number of anilines is 1. The highest BCUT2D eigenvalue weighted by Gasteiger charge is 2.23. The van der Waals surface area contributed by atoms with Gasteiger partial charge in [-0.05, 0) is 31.0 Å². The predicted molar refractivity (Wildman–Crippen MR) is 86.3 cm³/mol. The van der Waals surface area contributed by atoms with Crippen LogP contribution in [0.1, 0.15) is 25.8 Å². The molecule has 0 saturated carbocycles. The van der Waals surface area contributed by atoms with Gasteiger partial charge in [0.1, 0.15) is 0 Å². The molecular formula is C16H26N4O. The Balaban J connectivity index is 1.87. The Hall–Kier alpha value is -1.59. The molecule has 2 amide bonds. The quantitative estimate of drug-likeness (QED) is 0.892. The molecule has 5 heteroatoms. The Morgan fingerprint density at radius 1 is 1.33 bits per heavy atom. The van der Waals surface area contributed by atoms with Crippen LogP contribution in [-0.4, -0.2) is 48.1 Å². The summed E-state index contributed by atoms with van der Waals surface area (Å²) in [5, 5.41) is 2.96. The van der Waals surface area contributed by atoms with Crippen molar-refractivity contribution in [2.45, 2.75) is 32.9 Å². The molecule has 0 aliphatic carbocycles. The summed E-state index contributed by atoms with van der Waals surface area (Å²) in [6.07, 6.45) is 1.15. The molecule has 1 aromatic rings. The van der Waals surface area contributed by atoms with Crippen LogP contribution in [0.2, 0.25) is 0 Å². The number of piperazine rings is 1. The summed E-state index contributed by atoms with van der Waals surface area (Å²) >= 11 is 0. The van der Waals surface area contributed by atoms with Crippen LogP contribution < -0.4 is 11.1 Å². The number of benzene rings is 1. The zero-order chi connectivity index (χ0) is 15.2. The Kier molecular flexibility index (Phi) is 5.59. The maximum Gasteiger partial charge on any atom is 0.321 e. The van der Waals surface area contributed by atoms with E-state index < -0.39 is 0 Å². The minimum Gasteiger partial charge on any atom is -0.326 e. The van der Waals surface area contributed by atoms with Gasteiger partial charge in [0.15, 0.2) is 0 Å². The van der Waals surface area contributed by atoms with Gasteiger partial charge >= 0.3 is 6.03 Å². The van der Waals surface area contributed by atoms with Crippen LogP contribution in [0.3, 0.4) is 0 Å². The van der Waals surface area contributed by atoms with E-state index in [1.807, 2.05) is 29.2 Å². The van der Waals surface area contributed by atoms with Gasteiger partial charge in [-0.15, -0.1) is 0 Å². The smallest absolute Gasteiger partial charge is 0.321 e. The topological polar surface area (TPSA) is 61.6 Å². The molecule has 2 rings (SSSR count). The van der Waals surface area contributed by atoms with Gasteiger partial charge in [-0.25, -0.2) is 4.79 Å². The zero-order valence-corrected chi connectivity index (χ0v) is 13.0. The fraction of sp³-hybridized carbons (Fsp3) is 0.562. The Labute approximate surface area is 127 Å². The lowest BCUT2D eigenvalue weighted by molar-refractivity contribution is 0.117. The van der Waals surface area contributed by atoms with E-state index in [9.17, 15) is 4.79 Å². The lowest BCUT2D eigenvalue weighted by Crippen LogP contribution is -2.52. The van der Waals surface area contributed by atoms with Gasteiger partial charge in [0.25, 0.3) is 0 Å². The fourth-order valence-electron chi connectivity index (χ4n) is 2.60. The molecular weight excluding hydrogens is 264 g/mol. The van der Waals surface area contributed by atoms with E-state index in [4.69, 9.17) is 5.73 Å². The number of nitrogens with one attached hydrogen (secondary N) is 1. The fourth-order valence-corrected chi connectivity index (χ4v) is 2.60. The van der Waals surface area contributed by atoms with Crippen LogP contribution in [0.4, 0.5) is 10.5 Å². The van der Waals surface area contributed by atoms with Gasteiger partial charge in [-0.1, -0.05) is 19.1 Å². The number of amides is 2. The molecule has 1 heterocycles. The first-order valence-corrected chi connectivity index (χ1v) is 7.73. The normalized spacial score (nSPS) is 17.6. The summed E-state index contributed by atoms with van der Waals surface area (Å²) < 4.78 is 0. The summed E-state index contributed by atoms with van der Waals surface area (Å²) in [5.74, 6) is 0. The third-order valence-corrected chi connectivity index (χ3v) is 4.23. The van der Waals surface area contributed by atoms with Crippen molar-refractivity contribution in [2.75, 3.05) is 31.5 Å². The second-order valence-corrected chi connectivity index (χ2v) is 5.61. The predicted octanol–water partition coefficient (Wildman–Crippen LogP) is 2.09. The third-order valence-electron chi connectivity index (χ3n) is 4.23. The molecule has 0 radical (unpaired) electrons. The highest BCUT2D eigenvalue weighted by Crippen LogP contribution is 2.13. The molecule has 5 nitrogen and oxygen atoms in total. The Bertz CT molecular complexity index is 469. The van der Waals surface area contributed by atoms with Crippen molar-refractivity contribution in [1.29, 1.82) is 0 Å². The molecule has 1 unspecified atom stereocenters. The number of nitrogens with zero attached hydrogens (tertiary/aromatic N) is 2. The largest absolute Gasteiger partial charge is 0.326 e. The molecule has 0 spiro atoms. The molecule has 3 N–H and O–H groups in total. The lowest BCUT2D eigenvalue weighted by atomic mass is 10.2. The standard InChI is InChI=1S/C16H26N4O/c1-3-13(2)19-7-9-20(10-8-19)16(21)18-15-6-4-5-14(11-15)12-17/h4-6,11,13H,3,7-10,12,17H2,1-2H3,(H,18,21). The maximum atomic E-state index is 12.3. The van der Waals surface area contributed by atoms with Crippen molar-refractivity contribution in [3.05, 3.63) is 29.8 Å². The minimum atomic E-state index is -0.0204. The first-order valence-electron chi connectivity index (χ1n) is 7.73. The highest BCUT2D eigenvalue weighted by molar-refractivity contribution is 5.89. The van der Waals surface area contributed by atoms with Crippen molar-refractivity contribution < 1.29 is 4.79 Å². The number of carbonyl (C=O) groups is 1. The molecule has 1 aliphatic heterocycles. The number of hydrogen-bond donors (Lipinski definition) is 2. The molecule has 1 aromatic carbocycles. The highest BCUT2D eigenvalue weighted by atomic mass is 16.2. The van der Waals surface area contributed by atoms with Gasteiger partial charge < -0.3 is 16.0 Å². The average molecular weight is 290 g/mol. The maximum absolute atomic E-state index is 12.3. The molecule has 1 saturated heterocycles. The van der Waals surface area contributed by atoms with E-state index in [1.165, 1.54) is 0 Å².